The fourth-order valence-electron chi connectivity index (χ4n) is 2.74. The Hall–Kier alpha value is -2.51. The molecule has 1 unspecified atom stereocenters. The Morgan fingerprint density at radius 3 is 2.68 bits per heavy atom. The number of aliphatic imine (C=N–C) groups is 1. The lowest BCUT2D eigenvalue weighted by Gasteiger charge is -2.31. The van der Waals surface area contributed by atoms with Gasteiger partial charge in [-0.05, 0) is 43.3 Å². The van der Waals surface area contributed by atoms with Gasteiger partial charge in [0.2, 0.25) is 11.8 Å². The normalized spacial score (nSPS) is 18.2. The number of ether oxygens (including phenoxy) is 1. The fraction of sp³-hybridized carbons (Fsp3) is 0.250. The van der Waals surface area contributed by atoms with Crippen molar-refractivity contribution in [3.63, 3.8) is 0 Å². The molecule has 146 valence electrons. The van der Waals surface area contributed by atoms with Gasteiger partial charge in [-0.2, -0.15) is 0 Å². The van der Waals surface area contributed by atoms with E-state index in [1.807, 2.05) is 19.1 Å². The first kappa shape index (κ1) is 20.2. The molecule has 2 aromatic carbocycles. The zero-order valence-electron chi connectivity index (χ0n) is 15.5. The molecule has 2 aromatic rings. The number of carbonyl (C=O) groups is 2. The highest BCUT2D eigenvalue weighted by molar-refractivity contribution is 8.15. The van der Waals surface area contributed by atoms with Gasteiger partial charge in [0, 0.05) is 18.0 Å². The van der Waals surface area contributed by atoms with E-state index >= 15 is 0 Å². The lowest BCUT2D eigenvalue weighted by atomic mass is 10.2. The quantitative estimate of drug-likeness (QED) is 0.786. The molecular formula is C20H20ClN3O3S. The number of nitrogens with one attached hydrogen (secondary N) is 1. The summed E-state index contributed by atoms with van der Waals surface area (Å²) < 4.78 is 5.27. The summed E-state index contributed by atoms with van der Waals surface area (Å²) in [4.78, 5) is 31.5. The fourth-order valence-corrected chi connectivity index (χ4v) is 4.03. The highest BCUT2D eigenvalue weighted by Gasteiger charge is 2.35. The summed E-state index contributed by atoms with van der Waals surface area (Å²) in [5, 5.41) is 3.38. The number of hydrogen-bond acceptors (Lipinski definition) is 5. The van der Waals surface area contributed by atoms with Crippen molar-refractivity contribution in [1.82, 2.24) is 4.90 Å². The van der Waals surface area contributed by atoms with E-state index in [1.165, 1.54) is 11.8 Å². The van der Waals surface area contributed by atoms with Crippen LogP contribution in [0.3, 0.4) is 0 Å². The van der Waals surface area contributed by atoms with Crippen molar-refractivity contribution in [3.05, 3.63) is 53.6 Å². The van der Waals surface area contributed by atoms with Gasteiger partial charge in [-0.15, -0.1) is 0 Å². The Morgan fingerprint density at radius 2 is 2.00 bits per heavy atom. The van der Waals surface area contributed by atoms with Crippen LogP contribution >= 0.6 is 23.4 Å². The van der Waals surface area contributed by atoms with E-state index in [4.69, 9.17) is 16.3 Å². The largest absolute Gasteiger partial charge is 0.495 e. The van der Waals surface area contributed by atoms with Gasteiger partial charge in [-0.25, -0.2) is 4.99 Å². The van der Waals surface area contributed by atoms with Crippen LogP contribution in [0.1, 0.15) is 13.3 Å². The van der Waals surface area contributed by atoms with Gasteiger partial charge < -0.3 is 10.1 Å². The summed E-state index contributed by atoms with van der Waals surface area (Å²) in [7, 11) is 1.54. The van der Waals surface area contributed by atoms with E-state index in [2.05, 4.69) is 10.3 Å². The molecule has 1 atom stereocenters. The van der Waals surface area contributed by atoms with E-state index < -0.39 is 5.25 Å². The zero-order chi connectivity index (χ0) is 20.1. The molecule has 1 N–H and O–H groups in total. The van der Waals surface area contributed by atoms with Crippen LogP contribution in [-0.2, 0) is 9.59 Å². The van der Waals surface area contributed by atoms with Crippen molar-refractivity contribution in [1.29, 1.82) is 0 Å². The second-order valence-corrected chi connectivity index (χ2v) is 7.62. The lowest BCUT2D eigenvalue weighted by molar-refractivity contribution is -0.129. The Labute approximate surface area is 172 Å². The molecule has 2 amide bonds. The van der Waals surface area contributed by atoms with Gasteiger partial charge in [-0.3, -0.25) is 14.5 Å². The van der Waals surface area contributed by atoms with Crippen LogP contribution in [0.5, 0.6) is 5.75 Å². The van der Waals surface area contributed by atoms with Crippen LogP contribution in [0.2, 0.25) is 5.02 Å². The van der Waals surface area contributed by atoms with Crippen LogP contribution in [0.4, 0.5) is 11.4 Å². The van der Waals surface area contributed by atoms with Gasteiger partial charge >= 0.3 is 0 Å². The zero-order valence-corrected chi connectivity index (χ0v) is 17.1. The maximum absolute atomic E-state index is 12.8. The first-order chi connectivity index (χ1) is 13.5. The molecule has 8 heteroatoms. The number of amides is 2. The van der Waals surface area contributed by atoms with E-state index in [0.29, 0.717) is 33.9 Å². The van der Waals surface area contributed by atoms with Gasteiger partial charge in [0.25, 0.3) is 0 Å². The number of hydrogen-bond donors (Lipinski definition) is 1. The first-order valence-corrected chi connectivity index (χ1v) is 10.0. The van der Waals surface area contributed by atoms with E-state index in [0.717, 1.165) is 0 Å². The molecule has 28 heavy (non-hydrogen) atoms. The van der Waals surface area contributed by atoms with Crippen LogP contribution in [0.15, 0.2) is 53.5 Å². The number of thioether (sulfide) groups is 1. The summed E-state index contributed by atoms with van der Waals surface area (Å²) in [6, 6.07) is 14.2. The molecule has 0 aromatic heterocycles. The van der Waals surface area contributed by atoms with Gasteiger partial charge in [-0.1, -0.05) is 35.5 Å². The Balaban J connectivity index is 1.81. The lowest BCUT2D eigenvalue weighted by Crippen LogP contribution is -2.45. The topological polar surface area (TPSA) is 71.0 Å². The highest BCUT2D eigenvalue weighted by Crippen LogP contribution is 2.31. The summed E-state index contributed by atoms with van der Waals surface area (Å²) in [5.41, 5.74) is 1.24. The van der Waals surface area contributed by atoms with Crippen molar-refractivity contribution < 1.29 is 14.3 Å². The van der Waals surface area contributed by atoms with Crippen LogP contribution in [-0.4, -0.2) is 40.8 Å². The number of halogens is 1. The Kier molecular flexibility index (Phi) is 6.59. The summed E-state index contributed by atoms with van der Waals surface area (Å²) in [6.45, 7) is 2.37. The number of benzene rings is 2. The van der Waals surface area contributed by atoms with Crippen molar-refractivity contribution in [2.75, 3.05) is 19.0 Å². The SMILES string of the molecule is CCN1C(=O)CC(C(=O)Nc2ccccc2OC)SC1=Nc1ccc(Cl)cc1. The molecule has 1 saturated heterocycles. The third kappa shape index (κ3) is 4.66. The van der Waals surface area contributed by atoms with Gasteiger partial charge in [0.1, 0.15) is 11.0 Å². The van der Waals surface area contributed by atoms with E-state index in [1.54, 1.807) is 48.4 Å². The molecule has 0 radical (unpaired) electrons. The predicted octanol–water partition coefficient (Wildman–Crippen LogP) is 4.33. The maximum atomic E-state index is 12.8. The molecule has 1 aliphatic rings. The second-order valence-electron chi connectivity index (χ2n) is 6.01. The third-order valence-electron chi connectivity index (χ3n) is 4.16. The minimum atomic E-state index is -0.578. The van der Waals surface area contributed by atoms with E-state index in [9.17, 15) is 9.59 Å². The maximum Gasteiger partial charge on any atom is 0.238 e. The van der Waals surface area contributed by atoms with Crippen molar-refractivity contribution in [2.24, 2.45) is 4.99 Å². The molecule has 0 saturated carbocycles. The summed E-state index contributed by atoms with van der Waals surface area (Å²) in [6.07, 6.45) is 0.110. The number of carbonyl (C=O) groups excluding carboxylic acids is 2. The second kappa shape index (κ2) is 9.12. The number of anilines is 1. The average Bonchev–Trinajstić information content (AvgIpc) is 2.70. The third-order valence-corrected chi connectivity index (χ3v) is 5.60. The molecule has 3 rings (SSSR count). The molecule has 1 heterocycles. The van der Waals surface area contributed by atoms with E-state index in [-0.39, 0.29) is 18.2 Å². The molecule has 0 spiro atoms. The molecule has 0 aliphatic carbocycles. The molecule has 1 fully saturated rings. The molecular weight excluding hydrogens is 398 g/mol. The summed E-state index contributed by atoms with van der Waals surface area (Å²) >= 11 is 7.20. The average molecular weight is 418 g/mol. The Bertz CT molecular complexity index is 902. The number of amidine groups is 1. The summed E-state index contributed by atoms with van der Waals surface area (Å²) in [5.74, 6) is 0.171. The number of methoxy groups -OCH3 is 1. The van der Waals surface area contributed by atoms with Crippen molar-refractivity contribution in [3.8, 4) is 5.75 Å². The van der Waals surface area contributed by atoms with Gasteiger partial charge in [0.05, 0.1) is 18.5 Å². The van der Waals surface area contributed by atoms with Crippen LogP contribution in [0.25, 0.3) is 0 Å². The molecule has 0 bridgehead atoms. The standard InChI is InChI=1S/C20H20ClN3O3S/c1-3-24-18(25)12-17(19(26)23-15-6-4-5-7-16(15)27-2)28-20(24)22-14-10-8-13(21)9-11-14/h4-11,17H,3,12H2,1-2H3,(H,23,26). The number of nitrogens with zero attached hydrogens (tertiary/aromatic N) is 2. The molecule has 1 aliphatic heterocycles. The van der Waals surface area contributed by atoms with Crippen LogP contribution in [0, 0.1) is 0 Å². The van der Waals surface area contributed by atoms with Gasteiger partial charge in [0.15, 0.2) is 5.17 Å². The minimum absolute atomic E-state index is 0.110. The highest BCUT2D eigenvalue weighted by atomic mass is 35.5. The minimum Gasteiger partial charge on any atom is -0.495 e. The molecule has 6 nitrogen and oxygen atoms in total. The monoisotopic (exact) mass is 417 g/mol. The first-order valence-electron chi connectivity index (χ1n) is 8.77. The van der Waals surface area contributed by atoms with Crippen LogP contribution < -0.4 is 10.1 Å². The Morgan fingerprint density at radius 1 is 1.29 bits per heavy atom. The number of rotatable bonds is 5. The smallest absolute Gasteiger partial charge is 0.238 e. The number of para-hydroxylation sites is 2. The van der Waals surface area contributed by atoms with Crippen molar-refractivity contribution in [2.45, 2.75) is 18.6 Å². The predicted molar refractivity (Wildman–Crippen MR) is 114 cm³/mol. The van der Waals surface area contributed by atoms with Crippen molar-refractivity contribution >= 4 is 51.7 Å².